The number of nitrogens with one attached hydrogen (secondary N) is 1. The Hall–Kier alpha value is -5.37. The number of halogens is 1. The van der Waals surface area contributed by atoms with Crippen molar-refractivity contribution in [3.63, 3.8) is 0 Å². The number of carboxylic acids is 1. The Bertz CT molecular complexity index is 1920. The third kappa shape index (κ3) is 5.15. The summed E-state index contributed by atoms with van der Waals surface area (Å²) in [6.07, 6.45) is 0. The molecule has 7 nitrogen and oxygen atoms in total. The number of nitrogens with zero attached hydrogens (tertiary/aromatic N) is 3. The van der Waals surface area contributed by atoms with E-state index >= 15 is 0 Å². The monoisotopic (exact) mass is 544 g/mol. The van der Waals surface area contributed by atoms with Gasteiger partial charge in [0.1, 0.15) is 16.9 Å². The van der Waals surface area contributed by atoms with Gasteiger partial charge in [0.2, 0.25) is 0 Å². The molecular weight excluding hydrogens is 519 g/mol. The van der Waals surface area contributed by atoms with Gasteiger partial charge in [0.05, 0.1) is 23.7 Å². The lowest BCUT2D eigenvalue weighted by molar-refractivity contribution is 0.0696. The number of carboxylic acid groups (broad SMARTS) is 1. The smallest absolute Gasteiger partial charge is 0.335 e. The van der Waals surface area contributed by atoms with E-state index in [1.165, 1.54) is 18.2 Å². The maximum Gasteiger partial charge on any atom is 0.335 e. The van der Waals surface area contributed by atoms with Gasteiger partial charge in [-0.25, -0.2) is 13.9 Å². The second kappa shape index (κ2) is 10.7. The SMILES string of the molecule is C[C@H](NC(=O)c1cc(-c2ccccc2)cc2nnn(Cc3ccc4c(F)cccc4c3)c12)c1ccc(C(=O)O)cc1. The molecule has 0 aliphatic heterocycles. The first-order valence-corrected chi connectivity index (χ1v) is 13.1. The van der Waals surface area contributed by atoms with Crippen LogP contribution in [0.25, 0.3) is 32.9 Å². The maximum atomic E-state index is 14.2. The van der Waals surface area contributed by atoms with Crippen LogP contribution in [0.4, 0.5) is 4.39 Å². The topological polar surface area (TPSA) is 97.1 Å². The molecule has 0 bridgehead atoms. The molecule has 6 rings (SSSR count). The van der Waals surface area contributed by atoms with Crippen molar-refractivity contribution in [1.82, 2.24) is 20.3 Å². The molecule has 0 unspecified atom stereocenters. The number of carbonyl (C=O) groups is 2. The number of rotatable bonds is 7. The van der Waals surface area contributed by atoms with Crippen molar-refractivity contribution in [2.24, 2.45) is 0 Å². The highest BCUT2D eigenvalue weighted by molar-refractivity contribution is 6.06. The van der Waals surface area contributed by atoms with Gasteiger partial charge >= 0.3 is 5.97 Å². The average molecular weight is 545 g/mol. The number of amides is 1. The molecule has 1 aromatic heterocycles. The summed E-state index contributed by atoms with van der Waals surface area (Å²) in [7, 11) is 0. The molecule has 6 aromatic rings. The van der Waals surface area contributed by atoms with Gasteiger partial charge in [0.25, 0.3) is 5.91 Å². The molecule has 1 heterocycles. The molecule has 0 fully saturated rings. The van der Waals surface area contributed by atoms with Gasteiger partial charge in [-0.3, -0.25) is 4.79 Å². The highest BCUT2D eigenvalue weighted by Gasteiger charge is 2.21. The second-order valence-corrected chi connectivity index (χ2v) is 9.92. The molecule has 0 saturated heterocycles. The minimum atomic E-state index is -1.01. The van der Waals surface area contributed by atoms with Gasteiger partial charge in [-0.15, -0.1) is 5.10 Å². The molecule has 1 atom stereocenters. The lowest BCUT2D eigenvalue weighted by Crippen LogP contribution is -2.27. The van der Waals surface area contributed by atoms with E-state index in [-0.39, 0.29) is 23.3 Å². The molecule has 0 spiro atoms. The summed E-state index contributed by atoms with van der Waals surface area (Å²) in [6.45, 7) is 2.18. The van der Waals surface area contributed by atoms with Crippen LogP contribution in [-0.2, 0) is 6.54 Å². The zero-order valence-corrected chi connectivity index (χ0v) is 22.1. The fourth-order valence-corrected chi connectivity index (χ4v) is 5.03. The van der Waals surface area contributed by atoms with Crippen LogP contribution in [0.3, 0.4) is 0 Å². The van der Waals surface area contributed by atoms with Crippen molar-refractivity contribution < 1.29 is 19.1 Å². The summed E-state index contributed by atoms with van der Waals surface area (Å²) < 4.78 is 15.9. The highest BCUT2D eigenvalue weighted by Crippen LogP contribution is 2.29. The van der Waals surface area contributed by atoms with Crippen molar-refractivity contribution >= 4 is 33.7 Å². The number of hydrogen-bond acceptors (Lipinski definition) is 4. The average Bonchev–Trinajstić information content (AvgIpc) is 3.39. The third-order valence-electron chi connectivity index (χ3n) is 7.19. The number of fused-ring (bicyclic) bond motifs is 2. The summed E-state index contributed by atoms with van der Waals surface area (Å²) >= 11 is 0. The van der Waals surface area contributed by atoms with Gasteiger partial charge in [-0.05, 0) is 71.0 Å². The van der Waals surface area contributed by atoms with E-state index in [4.69, 9.17) is 0 Å². The molecule has 0 saturated carbocycles. The Kier molecular flexibility index (Phi) is 6.73. The highest BCUT2D eigenvalue weighted by atomic mass is 19.1. The maximum absolute atomic E-state index is 14.2. The van der Waals surface area contributed by atoms with Crippen LogP contribution in [0.2, 0.25) is 0 Å². The lowest BCUT2D eigenvalue weighted by atomic mass is 10.00. The van der Waals surface area contributed by atoms with Crippen molar-refractivity contribution in [2.45, 2.75) is 19.5 Å². The van der Waals surface area contributed by atoms with Crippen LogP contribution in [0, 0.1) is 5.82 Å². The van der Waals surface area contributed by atoms with E-state index < -0.39 is 5.97 Å². The Morgan fingerprint density at radius 2 is 1.68 bits per heavy atom. The summed E-state index contributed by atoms with van der Waals surface area (Å²) in [5.41, 5.74) is 5.16. The molecule has 5 aromatic carbocycles. The number of hydrogen-bond donors (Lipinski definition) is 2. The van der Waals surface area contributed by atoms with Crippen molar-refractivity contribution in [1.29, 1.82) is 0 Å². The van der Waals surface area contributed by atoms with Gasteiger partial charge in [0, 0.05) is 5.39 Å². The second-order valence-electron chi connectivity index (χ2n) is 9.92. The van der Waals surface area contributed by atoms with Crippen LogP contribution >= 0.6 is 0 Å². The molecule has 8 heteroatoms. The van der Waals surface area contributed by atoms with Gasteiger partial charge in [-0.1, -0.05) is 71.9 Å². The summed E-state index contributed by atoms with van der Waals surface area (Å²) in [6, 6.07) is 30.0. The molecule has 0 aliphatic carbocycles. The van der Waals surface area contributed by atoms with Crippen LogP contribution in [0.1, 0.15) is 44.8 Å². The Balaban J connectivity index is 1.39. The van der Waals surface area contributed by atoms with E-state index in [0.29, 0.717) is 28.5 Å². The fraction of sp³-hybridized carbons (Fsp3) is 0.0909. The van der Waals surface area contributed by atoms with Crippen molar-refractivity contribution in [3.8, 4) is 11.1 Å². The molecule has 0 aliphatic rings. The van der Waals surface area contributed by atoms with Gasteiger partial charge < -0.3 is 10.4 Å². The van der Waals surface area contributed by atoms with Crippen LogP contribution in [-0.4, -0.2) is 32.0 Å². The molecule has 0 radical (unpaired) electrons. The molecule has 1 amide bonds. The number of benzene rings is 5. The number of aromatic nitrogens is 3. The Labute approximate surface area is 234 Å². The Morgan fingerprint density at radius 3 is 2.44 bits per heavy atom. The summed E-state index contributed by atoms with van der Waals surface area (Å²) in [5.74, 6) is -1.60. The minimum absolute atomic E-state index is 0.177. The van der Waals surface area contributed by atoms with Crippen LogP contribution in [0.15, 0.2) is 103 Å². The molecular formula is C33H25FN4O3. The van der Waals surface area contributed by atoms with E-state index in [1.54, 1.807) is 28.9 Å². The molecule has 202 valence electrons. The van der Waals surface area contributed by atoms with E-state index in [0.717, 1.165) is 27.6 Å². The van der Waals surface area contributed by atoms with Crippen molar-refractivity contribution in [2.75, 3.05) is 0 Å². The first kappa shape index (κ1) is 25.9. The zero-order valence-electron chi connectivity index (χ0n) is 22.1. The largest absolute Gasteiger partial charge is 0.478 e. The lowest BCUT2D eigenvalue weighted by Gasteiger charge is -2.16. The fourth-order valence-electron chi connectivity index (χ4n) is 5.03. The predicted molar refractivity (Wildman–Crippen MR) is 155 cm³/mol. The van der Waals surface area contributed by atoms with Crippen molar-refractivity contribution in [3.05, 3.63) is 131 Å². The predicted octanol–water partition coefficient (Wildman–Crippen LogP) is 6.63. The standard InChI is InChI=1S/C33H25FN4O3/c1-20(22-11-13-24(14-12-22)33(40)41)35-32(39)28-17-26(23-6-3-2-4-7-23)18-30-31(28)38(37-36-30)19-21-10-15-27-25(16-21)8-5-9-29(27)34/h2-18,20H,19H2,1H3,(H,35,39)(H,40,41)/t20-/m0/s1. The first-order chi connectivity index (χ1) is 19.9. The molecule has 2 N–H and O–H groups in total. The number of carbonyl (C=O) groups excluding carboxylic acids is 1. The van der Waals surface area contributed by atoms with Crippen LogP contribution < -0.4 is 5.32 Å². The summed E-state index contributed by atoms with van der Waals surface area (Å²) in [5, 5.41) is 22.4. The quantitative estimate of drug-likeness (QED) is 0.235. The summed E-state index contributed by atoms with van der Waals surface area (Å²) in [4.78, 5) is 25.0. The minimum Gasteiger partial charge on any atom is -0.478 e. The Morgan fingerprint density at radius 1 is 0.902 bits per heavy atom. The van der Waals surface area contributed by atoms with E-state index in [1.807, 2.05) is 67.6 Å². The van der Waals surface area contributed by atoms with E-state index in [9.17, 15) is 19.1 Å². The van der Waals surface area contributed by atoms with Crippen LogP contribution in [0.5, 0.6) is 0 Å². The number of aromatic carboxylic acids is 1. The van der Waals surface area contributed by atoms with Gasteiger partial charge in [0.15, 0.2) is 0 Å². The van der Waals surface area contributed by atoms with E-state index in [2.05, 4.69) is 15.6 Å². The van der Waals surface area contributed by atoms with Gasteiger partial charge in [-0.2, -0.15) is 0 Å². The third-order valence-corrected chi connectivity index (χ3v) is 7.19. The normalized spacial score (nSPS) is 12.0. The molecule has 41 heavy (non-hydrogen) atoms. The first-order valence-electron chi connectivity index (χ1n) is 13.1. The zero-order chi connectivity index (χ0) is 28.5.